The summed E-state index contributed by atoms with van der Waals surface area (Å²) in [6, 6.07) is 12.9. The summed E-state index contributed by atoms with van der Waals surface area (Å²) >= 11 is 6.24. The molecule has 2 aromatic carbocycles. The van der Waals surface area contributed by atoms with Crippen LogP contribution in [-0.4, -0.2) is 58.2 Å². The summed E-state index contributed by atoms with van der Waals surface area (Å²) in [4.78, 5) is 19.3. The van der Waals surface area contributed by atoms with Gasteiger partial charge in [-0.1, -0.05) is 30.7 Å². The van der Waals surface area contributed by atoms with Gasteiger partial charge in [-0.05, 0) is 62.9 Å². The van der Waals surface area contributed by atoms with Crippen molar-refractivity contribution >= 4 is 29.1 Å². The second kappa shape index (κ2) is 9.94. The van der Waals surface area contributed by atoms with Crippen LogP contribution in [-0.2, 0) is 4.79 Å². The normalized spacial score (nSPS) is 19.7. The molecule has 1 unspecified atom stereocenters. The first-order valence-corrected chi connectivity index (χ1v) is 12.1. The highest BCUT2D eigenvalue weighted by Crippen LogP contribution is 2.39. The van der Waals surface area contributed by atoms with Gasteiger partial charge in [0.05, 0.1) is 17.1 Å². The van der Waals surface area contributed by atoms with Crippen molar-refractivity contribution in [3.63, 3.8) is 0 Å². The Bertz CT molecular complexity index is 1080. The summed E-state index contributed by atoms with van der Waals surface area (Å²) in [7, 11) is 0. The summed E-state index contributed by atoms with van der Waals surface area (Å²) in [6.45, 7) is 7.33. The van der Waals surface area contributed by atoms with Crippen molar-refractivity contribution in [3.05, 3.63) is 53.1 Å². The third-order valence-corrected chi connectivity index (χ3v) is 6.54. The van der Waals surface area contributed by atoms with Crippen LogP contribution >= 0.6 is 11.6 Å². The highest BCUT2D eigenvalue weighted by molar-refractivity contribution is 6.31. The average molecular weight is 486 g/mol. The number of carboxylic acids is 1. The minimum atomic E-state index is -0.831. The van der Waals surface area contributed by atoms with Crippen LogP contribution in [0.4, 0.5) is 5.69 Å². The lowest BCUT2D eigenvalue weighted by atomic mass is 9.83. The van der Waals surface area contributed by atoms with Gasteiger partial charge in [0.25, 0.3) is 0 Å². The topological polar surface area (TPSA) is 94.4 Å². The number of nitrogens with zero attached hydrogens (tertiary/aromatic N) is 2. The number of halogens is 1. The van der Waals surface area contributed by atoms with Gasteiger partial charge in [-0.25, -0.2) is 4.99 Å². The molecule has 0 amide bonds. The fourth-order valence-electron chi connectivity index (χ4n) is 4.99. The molecule has 0 radical (unpaired) electrons. The number of piperazine rings is 1. The van der Waals surface area contributed by atoms with Crippen molar-refractivity contribution in [2.75, 3.05) is 19.6 Å². The predicted molar refractivity (Wildman–Crippen MR) is 133 cm³/mol. The van der Waals surface area contributed by atoms with Crippen molar-refractivity contribution in [1.29, 1.82) is 0 Å². The SMILES string of the molecule is CC(C[C@@H](C(=O)O)[C@H]1CN(C2=Nc3cc(Cl)ccc3Oc3ccccc32)CCN1)CC(C)(C)O. The van der Waals surface area contributed by atoms with Crippen molar-refractivity contribution < 1.29 is 19.7 Å². The lowest BCUT2D eigenvalue weighted by Gasteiger charge is -2.39. The van der Waals surface area contributed by atoms with Crippen LogP contribution in [0.15, 0.2) is 47.5 Å². The van der Waals surface area contributed by atoms with Crippen LogP contribution in [0.2, 0.25) is 5.02 Å². The number of fused-ring (bicyclic) bond motifs is 2. The molecule has 0 aromatic heterocycles. The van der Waals surface area contributed by atoms with Crippen LogP contribution < -0.4 is 10.1 Å². The third kappa shape index (κ3) is 5.71. The fraction of sp³-hybridized carbons (Fsp3) is 0.462. The number of carbonyl (C=O) groups is 1. The van der Waals surface area contributed by atoms with Gasteiger partial charge in [0.2, 0.25) is 0 Å². The first kappa shape index (κ1) is 24.5. The molecule has 4 rings (SSSR count). The van der Waals surface area contributed by atoms with Crippen molar-refractivity contribution in [2.24, 2.45) is 16.8 Å². The number of amidine groups is 1. The quantitative estimate of drug-likeness (QED) is 0.549. The van der Waals surface area contributed by atoms with E-state index in [2.05, 4.69) is 10.2 Å². The zero-order valence-corrected chi connectivity index (χ0v) is 20.5. The number of hydrogen-bond donors (Lipinski definition) is 3. The number of nitrogens with one attached hydrogen (secondary N) is 1. The minimum absolute atomic E-state index is 0.0663. The molecule has 0 bridgehead atoms. The second-order valence-corrected chi connectivity index (χ2v) is 10.4. The van der Waals surface area contributed by atoms with Gasteiger partial charge in [-0.3, -0.25) is 4.79 Å². The molecule has 0 aliphatic carbocycles. The van der Waals surface area contributed by atoms with Crippen molar-refractivity contribution in [2.45, 2.75) is 45.3 Å². The number of para-hydroxylation sites is 1. The number of benzene rings is 2. The molecule has 2 aliphatic rings. The Labute approximate surface area is 205 Å². The smallest absolute Gasteiger partial charge is 0.308 e. The zero-order chi connectivity index (χ0) is 24.5. The van der Waals surface area contributed by atoms with E-state index in [1.165, 1.54) is 0 Å². The van der Waals surface area contributed by atoms with E-state index in [0.717, 1.165) is 11.4 Å². The largest absolute Gasteiger partial charge is 0.481 e. The van der Waals surface area contributed by atoms with Crippen LogP contribution in [0.3, 0.4) is 0 Å². The van der Waals surface area contributed by atoms with E-state index < -0.39 is 17.5 Å². The summed E-state index contributed by atoms with van der Waals surface area (Å²) < 4.78 is 6.16. The Morgan fingerprint density at radius 1 is 1.29 bits per heavy atom. The summed E-state index contributed by atoms with van der Waals surface area (Å²) in [6.07, 6.45) is 1.03. The standard InChI is InChI=1S/C26H32ClN3O4/c1-16(14-26(2,3)33)12-19(25(31)32)21-15-30(11-10-28-21)24-18-6-4-5-7-22(18)34-23-9-8-17(27)13-20(23)29-24/h4-9,13,16,19,21,28,33H,10-12,14-15H2,1-3H3,(H,31,32)/t16?,19-,21-/m1/s1. The van der Waals surface area contributed by atoms with Crippen molar-refractivity contribution in [3.8, 4) is 11.5 Å². The van der Waals surface area contributed by atoms with Crippen molar-refractivity contribution in [1.82, 2.24) is 10.2 Å². The lowest BCUT2D eigenvalue weighted by Crippen LogP contribution is -2.57. The molecule has 182 valence electrons. The van der Waals surface area contributed by atoms with Gasteiger partial charge in [0, 0.05) is 30.7 Å². The number of aliphatic hydroxyl groups is 1. The number of ether oxygens (including phenoxy) is 1. The van der Waals surface area contributed by atoms with Crippen LogP contribution in [0.5, 0.6) is 11.5 Å². The molecule has 34 heavy (non-hydrogen) atoms. The van der Waals surface area contributed by atoms with E-state index in [9.17, 15) is 15.0 Å². The Balaban J connectivity index is 1.63. The first-order valence-electron chi connectivity index (χ1n) is 11.7. The molecule has 7 nitrogen and oxygen atoms in total. The molecule has 1 fully saturated rings. The number of aliphatic imine (C=N–C) groups is 1. The van der Waals surface area contributed by atoms with E-state index in [-0.39, 0.29) is 12.0 Å². The maximum absolute atomic E-state index is 12.3. The maximum Gasteiger partial charge on any atom is 0.308 e. The molecule has 2 aromatic rings. The monoisotopic (exact) mass is 485 g/mol. The number of rotatable bonds is 6. The van der Waals surface area contributed by atoms with Crippen LogP contribution in [0.25, 0.3) is 0 Å². The first-order chi connectivity index (χ1) is 16.1. The van der Waals surface area contributed by atoms with E-state index in [1.54, 1.807) is 26.0 Å². The Hall–Kier alpha value is -2.61. The minimum Gasteiger partial charge on any atom is -0.481 e. The molecule has 3 N–H and O–H groups in total. The van der Waals surface area contributed by atoms with Gasteiger partial charge < -0.3 is 25.2 Å². The summed E-state index contributed by atoms with van der Waals surface area (Å²) in [5.41, 5.74) is 0.669. The number of hydrogen-bond acceptors (Lipinski definition) is 6. The summed E-state index contributed by atoms with van der Waals surface area (Å²) in [5, 5.41) is 24.2. The van der Waals surface area contributed by atoms with Gasteiger partial charge in [0.15, 0.2) is 5.75 Å². The maximum atomic E-state index is 12.3. The Kier molecular flexibility index (Phi) is 7.17. The van der Waals surface area contributed by atoms with E-state index in [4.69, 9.17) is 21.3 Å². The Morgan fingerprint density at radius 3 is 2.79 bits per heavy atom. The molecule has 1 saturated heterocycles. The second-order valence-electron chi connectivity index (χ2n) is 9.95. The van der Waals surface area contributed by atoms with Gasteiger partial charge in [-0.15, -0.1) is 0 Å². The van der Waals surface area contributed by atoms with E-state index in [1.807, 2.05) is 37.3 Å². The third-order valence-electron chi connectivity index (χ3n) is 6.31. The summed E-state index contributed by atoms with van der Waals surface area (Å²) in [5.74, 6) is 0.729. The average Bonchev–Trinajstić information content (AvgIpc) is 2.92. The molecule has 2 aliphatic heterocycles. The van der Waals surface area contributed by atoms with E-state index >= 15 is 0 Å². The van der Waals surface area contributed by atoms with Crippen LogP contribution in [0, 0.1) is 11.8 Å². The van der Waals surface area contributed by atoms with Gasteiger partial charge in [0.1, 0.15) is 17.3 Å². The number of aliphatic carboxylic acids is 1. The number of carboxylic acid groups (broad SMARTS) is 1. The predicted octanol–water partition coefficient (Wildman–Crippen LogP) is 4.69. The molecule has 3 atom stereocenters. The fourth-order valence-corrected chi connectivity index (χ4v) is 5.15. The lowest BCUT2D eigenvalue weighted by molar-refractivity contribution is -0.144. The molecule has 0 saturated carbocycles. The molecular formula is C26H32ClN3O4. The molecule has 2 heterocycles. The molecular weight excluding hydrogens is 454 g/mol. The zero-order valence-electron chi connectivity index (χ0n) is 19.8. The highest BCUT2D eigenvalue weighted by Gasteiger charge is 2.35. The molecule has 0 spiro atoms. The Morgan fingerprint density at radius 2 is 2.06 bits per heavy atom. The molecule has 8 heteroatoms. The van der Waals surface area contributed by atoms with Crippen LogP contribution in [0.1, 0.15) is 39.2 Å². The van der Waals surface area contributed by atoms with Gasteiger partial charge in [-0.2, -0.15) is 0 Å². The van der Waals surface area contributed by atoms with Gasteiger partial charge >= 0.3 is 5.97 Å². The van der Waals surface area contributed by atoms with E-state index in [0.29, 0.717) is 54.7 Å². The highest BCUT2D eigenvalue weighted by atomic mass is 35.5.